The number of anilines is 1. The van der Waals surface area contributed by atoms with Crippen LogP contribution in [0.3, 0.4) is 0 Å². The highest BCUT2D eigenvalue weighted by Crippen LogP contribution is 2.08. The molecular weight excluding hydrogens is 234 g/mol. The average molecular weight is 245 g/mol. The first kappa shape index (κ1) is 11.8. The van der Waals surface area contributed by atoms with Crippen LogP contribution in [0.1, 0.15) is 11.3 Å². The van der Waals surface area contributed by atoms with Gasteiger partial charge < -0.3 is 5.11 Å². The molecule has 0 aliphatic heterocycles. The van der Waals surface area contributed by atoms with Gasteiger partial charge in [0.25, 0.3) is 5.56 Å². The Labute approximate surface area is 102 Å². The van der Waals surface area contributed by atoms with E-state index in [4.69, 9.17) is 0 Å². The van der Waals surface area contributed by atoms with Gasteiger partial charge in [0.1, 0.15) is 11.4 Å². The van der Waals surface area contributed by atoms with Crippen molar-refractivity contribution >= 4 is 12.2 Å². The third-order valence-corrected chi connectivity index (χ3v) is 2.11. The van der Waals surface area contributed by atoms with Crippen molar-refractivity contribution in [2.75, 3.05) is 5.43 Å². The molecule has 0 bridgehead atoms. The second kappa shape index (κ2) is 5.09. The summed E-state index contributed by atoms with van der Waals surface area (Å²) in [6.45, 7) is 1.56. The third-order valence-electron chi connectivity index (χ3n) is 2.11. The summed E-state index contributed by atoms with van der Waals surface area (Å²) in [5, 5.41) is 20.5. The minimum absolute atomic E-state index is 0.155. The molecule has 2 rings (SSSR count). The minimum atomic E-state index is -0.319. The first-order chi connectivity index (χ1) is 8.65. The maximum Gasteiger partial charge on any atom is 0.274 e. The average Bonchev–Trinajstić information content (AvgIpc) is 2.34. The van der Waals surface area contributed by atoms with Gasteiger partial charge in [0.05, 0.1) is 6.21 Å². The van der Waals surface area contributed by atoms with Crippen LogP contribution >= 0.6 is 0 Å². The first-order valence-corrected chi connectivity index (χ1v) is 5.17. The first-order valence-electron chi connectivity index (χ1n) is 5.17. The summed E-state index contributed by atoms with van der Waals surface area (Å²) in [6.07, 6.45) is 1.49. The van der Waals surface area contributed by atoms with E-state index in [1.165, 1.54) is 6.21 Å². The Morgan fingerprint density at radius 3 is 3.00 bits per heavy atom. The van der Waals surface area contributed by atoms with Gasteiger partial charge in [0, 0.05) is 0 Å². The lowest BCUT2D eigenvalue weighted by atomic mass is 10.2. The van der Waals surface area contributed by atoms with Crippen LogP contribution in [0.4, 0.5) is 5.95 Å². The summed E-state index contributed by atoms with van der Waals surface area (Å²) in [7, 11) is 0. The zero-order valence-corrected chi connectivity index (χ0v) is 9.58. The van der Waals surface area contributed by atoms with Crippen LogP contribution in [-0.2, 0) is 0 Å². The summed E-state index contributed by atoms with van der Waals surface area (Å²) >= 11 is 0. The summed E-state index contributed by atoms with van der Waals surface area (Å²) < 4.78 is 0. The van der Waals surface area contributed by atoms with Gasteiger partial charge in [-0.15, -0.1) is 10.2 Å². The van der Waals surface area contributed by atoms with E-state index in [9.17, 15) is 9.90 Å². The van der Waals surface area contributed by atoms with E-state index < -0.39 is 0 Å². The number of aromatic amines is 1. The number of rotatable bonds is 3. The Bertz CT molecular complexity index is 635. The monoisotopic (exact) mass is 245 g/mol. The minimum Gasteiger partial charge on any atom is -0.508 e. The molecule has 18 heavy (non-hydrogen) atoms. The number of aryl methyl sites for hydroxylation is 1. The van der Waals surface area contributed by atoms with Crippen molar-refractivity contribution in [1.29, 1.82) is 0 Å². The number of phenols is 1. The number of nitrogens with zero attached hydrogens (tertiary/aromatic N) is 3. The van der Waals surface area contributed by atoms with Crippen LogP contribution in [0, 0.1) is 6.92 Å². The highest BCUT2D eigenvalue weighted by molar-refractivity contribution is 5.80. The zero-order chi connectivity index (χ0) is 13.0. The van der Waals surface area contributed by atoms with Crippen molar-refractivity contribution in [3.63, 3.8) is 0 Å². The predicted molar refractivity (Wildman–Crippen MR) is 66.7 cm³/mol. The molecule has 92 valence electrons. The molecule has 1 aromatic heterocycles. The van der Waals surface area contributed by atoms with E-state index in [2.05, 4.69) is 25.7 Å². The normalized spacial score (nSPS) is 10.7. The molecule has 0 unspecified atom stereocenters. The smallest absolute Gasteiger partial charge is 0.274 e. The number of H-pyrrole nitrogens is 1. The molecule has 1 aromatic carbocycles. The van der Waals surface area contributed by atoms with Gasteiger partial charge in [-0.1, -0.05) is 12.1 Å². The Hall–Kier alpha value is -2.70. The van der Waals surface area contributed by atoms with Crippen LogP contribution in [0.25, 0.3) is 0 Å². The van der Waals surface area contributed by atoms with E-state index >= 15 is 0 Å². The summed E-state index contributed by atoms with van der Waals surface area (Å²) in [5.74, 6) is 0.310. The molecule has 2 aromatic rings. The molecular formula is C11H11N5O2. The Morgan fingerprint density at radius 2 is 2.28 bits per heavy atom. The number of benzene rings is 1. The van der Waals surface area contributed by atoms with Crippen molar-refractivity contribution in [2.45, 2.75) is 6.92 Å². The summed E-state index contributed by atoms with van der Waals surface area (Å²) in [5.41, 5.74) is 3.22. The van der Waals surface area contributed by atoms with E-state index in [0.29, 0.717) is 5.56 Å². The van der Waals surface area contributed by atoms with Crippen molar-refractivity contribution in [1.82, 2.24) is 15.2 Å². The van der Waals surface area contributed by atoms with Crippen LogP contribution < -0.4 is 11.0 Å². The van der Waals surface area contributed by atoms with Crippen molar-refractivity contribution < 1.29 is 5.11 Å². The number of nitrogens with one attached hydrogen (secondary N) is 2. The van der Waals surface area contributed by atoms with Crippen molar-refractivity contribution in [3.05, 3.63) is 45.9 Å². The number of hydrogen-bond donors (Lipinski definition) is 3. The lowest BCUT2D eigenvalue weighted by Gasteiger charge is -1.98. The molecule has 1 heterocycles. The number of phenolic OH excluding ortho intramolecular Hbond substituents is 1. The quantitative estimate of drug-likeness (QED) is 0.543. The molecule has 0 saturated heterocycles. The largest absolute Gasteiger partial charge is 0.508 e. The molecule has 7 heteroatoms. The molecule has 0 spiro atoms. The second-order valence-corrected chi connectivity index (χ2v) is 3.55. The van der Waals surface area contributed by atoms with E-state index in [1.54, 1.807) is 31.2 Å². The highest BCUT2D eigenvalue weighted by atomic mass is 16.3. The van der Waals surface area contributed by atoms with E-state index in [-0.39, 0.29) is 23.0 Å². The van der Waals surface area contributed by atoms with Gasteiger partial charge in [-0.2, -0.15) is 5.10 Å². The van der Waals surface area contributed by atoms with Gasteiger partial charge in [0.2, 0.25) is 5.95 Å². The second-order valence-electron chi connectivity index (χ2n) is 3.55. The maximum absolute atomic E-state index is 11.2. The van der Waals surface area contributed by atoms with E-state index in [1.807, 2.05) is 0 Å². The summed E-state index contributed by atoms with van der Waals surface area (Å²) in [6, 6.07) is 6.58. The van der Waals surface area contributed by atoms with E-state index in [0.717, 1.165) is 0 Å². The number of aromatic nitrogens is 3. The molecule has 0 saturated carbocycles. The summed E-state index contributed by atoms with van der Waals surface area (Å²) in [4.78, 5) is 13.7. The standard InChI is InChI=1S/C11H11N5O2/c1-7-10(18)13-11(16-14-7)15-12-6-8-3-2-4-9(17)5-8/h2-6,17H,1H3,(H2,13,15,16,18)/b12-6-. The Balaban J connectivity index is 2.07. The molecule has 0 aliphatic rings. The fourth-order valence-corrected chi connectivity index (χ4v) is 1.22. The van der Waals surface area contributed by atoms with Gasteiger partial charge >= 0.3 is 0 Å². The molecule has 0 amide bonds. The predicted octanol–water partition coefficient (Wildman–Crippen LogP) is 0.625. The van der Waals surface area contributed by atoms with Crippen LogP contribution in [0.5, 0.6) is 5.75 Å². The van der Waals surface area contributed by atoms with Crippen molar-refractivity contribution in [3.8, 4) is 5.75 Å². The maximum atomic E-state index is 11.2. The van der Waals surface area contributed by atoms with Crippen molar-refractivity contribution in [2.24, 2.45) is 5.10 Å². The van der Waals surface area contributed by atoms with Crippen LogP contribution in [0.2, 0.25) is 0 Å². The fraction of sp³-hybridized carbons (Fsp3) is 0.0909. The Kier molecular flexibility index (Phi) is 3.33. The SMILES string of the molecule is Cc1nnc(N/N=C\c2cccc(O)c2)[nH]c1=O. The number of hydrazone groups is 1. The van der Waals surface area contributed by atoms with Gasteiger partial charge in [-0.25, -0.2) is 5.43 Å². The topological polar surface area (TPSA) is 103 Å². The molecule has 3 N–H and O–H groups in total. The van der Waals surface area contributed by atoms with Crippen LogP contribution in [-0.4, -0.2) is 26.5 Å². The molecule has 7 nitrogen and oxygen atoms in total. The van der Waals surface area contributed by atoms with Gasteiger partial charge in [-0.05, 0) is 24.6 Å². The van der Waals surface area contributed by atoms with Gasteiger partial charge in [-0.3, -0.25) is 9.78 Å². The molecule has 0 atom stereocenters. The van der Waals surface area contributed by atoms with Gasteiger partial charge in [0.15, 0.2) is 0 Å². The molecule has 0 aliphatic carbocycles. The lowest BCUT2D eigenvalue weighted by Crippen LogP contribution is -2.15. The third kappa shape index (κ3) is 2.91. The van der Waals surface area contributed by atoms with Crippen LogP contribution in [0.15, 0.2) is 34.2 Å². The fourth-order valence-electron chi connectivity index (χ4n) is 1.22. The number of aromatic hydroxyl groups is 1. The lowest BCUT2D eigenvalue weighted by molar-refractivity contribution is 0.475. The molecule has 0 radical (unpaired) electrons. The zero-order valence-electron chi connectivity index (χ0n) is 9.58. The number of hydrogen-bond acceptors (Lipinski definition) is 6. The Morgan fingerprint density at radius 1 is 1.44 bits per heavy atom. The molecule has 0 fully saturated rings. The highest BCUT2D eigenvalue weighted by Gasteiger charge is 1.97.